The van der Waals surface area contributed by atoms with Crippen LogP contribution in [0.15, 0.2) is 36.7 Å². The first-order chi connectivity index (χ1) is 11.7. The summed E-state index contributed by atoms with van der Waals surface area (Å²) in [4.78, 5) is 7.90. The van der Waals surface area contributed by atoms with E-state index in [4.69, 9.17) is 0 Å². The average Bonchev–Trinajstić information content (AvgIpc) is 2.86. The van der Waals surface area contributed by atoms with Crippen LogP contribution in [0.4, 0.5) is 30.5 Å². The van der Waals surface area contributed by atoms with Gasteiger partial charge in [-0.05, 0) is 18.6 Å². The number of nitrogens with zero attached hydrogens (tertiary/aromatic N) is 2. The molecule has 0 radical (unpaired) electrons. The zero-order chi connectivity index (χ0) is 18.1. The van der Waals surface area contributed by atoms with Crippen LogP contribution in [-0.4, -0.2) is 35.9 Å². The van der Waals surface area contributed by atoms with Crippen molar-refractivity contribution in [2.75, 3.05) is 22.1 Å². The SMILES string of the molecule is O=S1(=O)CCC(Nc2cc(Nc3ccccc3C(F)(F)F)ncn2)C1. The summed E-state index contributed by atoms with van der Waals surface area (Å²) in [5.74, 6) is 0.649. The Bertz CT molecular complexity index is 871. The zero-order valence-electron chi connectivity index (χ0n) is 12.9. The van der Waals surface area contributed by atoms with Crippen LogP contribution in [-0.2, 0) is 16.0 Å². The summed E-state index contributed by atoms with van der Waals surface area (Å²) in [5.41, 5.74) is -0.923. The summed E-state index contributed by atoms with van der Waals surface area (Å²) < 4.78 is 62.1. The van der Waals surface area contributed by atoms with Gasteiger partial charge in [0.25, 0.3) is 0 Å². The molecule has 1 aromatic carbocycles. The number of sulfone groups is 1. The van der Waals surface area contributed by atoms with Crippen molar-refractivity contribution in [3.63, 3.8) is 0 Å². The van der Waals surface area contributed by atoms with E-state index in [-0.39, 0.29) is 29.1 Å². The van der Waals surface area contributed by atoms with Gasteiger partial charge in [-0.3, -0.25) is 0 Å². The lowest BCUT2D eigenvalue weighted by Crippen LogP contribution is -2.21. The van der Waals surface area contributed by atoms with Crippen LogP contribution in [0.25, 0.3) is 0 Å². The highest BCUT2D eigenvalue weighted by atomic mass is 32.2. The minimum atomic E-state index is -4.49. The molecule has 6 nitrogen and oxygen atoms in total. The number of aromatic nitrogens is 2. The Hall–Kier alpha value is -2.36. The van der Waals surface area contributed by atoms with E-state index in [2.05, 4.69) is 20.6 Å². The molecule has 1 unspecified atom stereocenters. The molecule has 25 heavy (non-hydrogen) atoms. The molecule has 2 heterocycles. The maximum atomic E-state index is 13.0. The van der Waals surface area contributed by atoms with Crippen molar-refractivity contribution in [1.82, 2.24) is 9.97 Å². The maximum Gasteiger partial charge on any atom is 0.418 e. The molecule has 1 saturated heterocycles. The minimum absolute atomic E-state index is 0.0106. The Labute approximate surface area is 142 Å². The van der Waals surface area contributed by atoms with Gasteiger partial charge in [-0.2, -0.15) is 13.2 Å². The topological polar surface area (TPSA) is 84.0 Å². The normalized spacial score (nSPS) is 19.6. The third-order valence-corrected chi connectivity index (χ3v) is 5.51. The number of hydrogen-bond donors (Lipinski definition) is 2. The molecule has 1 fully saturated rings. The van der Waals surface area contributed by atoms with Crippen molar-refractivity contribution in [2.45, 2.75) is 18.6 Å². The van der Waals surface area contributed by atoms with E-state index >= 15 is 0 Å². The molecule has 10 heteroatoms. The molecule has 0 amide bonds. The van der Waals surface area contributed by atoms with Crippen LogP contribution in [0, 0.1) is 0 Å². The van der Waals surface area contributed by atoms with Gasteiger partial charge in [0.15, 0.2) is 9.84 Å². The predicted molar refractivity (Wildman–Crippen MR) is 87.4 cm³/mol. The van der Waals surface area contributed by atoms with E-state index in [1.165, 1.54) is 30.6 Å². The van der Waals surface area contributed by atoms with Gasteiger partial charge < -0.3 is 10.6 Å². The van der Waals surface area contributed by atoms with Gasteiger partial charge in [0.2, 0.25) is 0 Å². The van der Waals surface area contributed by atoms with Gasteiger partial charge in [-0.1, -0.05) is 12.1 Å². The van der Waals surface area contributed by atoms with Crippen molar-refractivity contribution in [2.24, 2.45) is 0 Å². The van der Waals surface area contributed by atoms with Crippen LogP contribution < -0.4 is 10.6 Å². The molecule has 1 aliphatic rings. The van der Waals surface area contributed by atoms with E-state index in [0.717, 1.165) is 6.07 Å². The smallest absolute Gasteiger partial charge is 0.366 e. The highest BCUT2D eigenvalue weighted by Gasteiger charge is 2.33. The van der Waals surface area contributed by atoms with E-state index in [1.807, 2.05) is 0 Å². The molecule has 2 N–H and O–H groups in total. The molecule has 0 aliphatic carbocycles. The average molecular weight is 372 g/mol. The number of para-hydroxylation sites is 1. The number of rotatable bonds is 4. The molecule has 0 bridgehead atoms. The van der Waals surface area contributed by atoms with E-state index < -0.39 is 21.6 Å². The highest BCUT2D eigenvalue weighted by molar-refractivity contribution is 7.91. The molecular weight excluding hydrogens is 357 g/mol. The number of anilines is 3. The summed E-state index contributed by atoms with van der Waals surface area (Å²) in [6.07, 6.45) is -2.83. The van der Waals surface area contributed by atoms with Crippen molar-refractivity contribution >= 4 is 27.2 Å². The fourth-order valence-corrected chi connectivity index (χ4v) is 4.27. The Morgan fingerprint density at radius 2 is 1.84 bits per heavy atom. The van der Waals surface area contributed by atoms with Crippen molar-refractivity contribution in [3.05, 3.63) is 42.2 Å². The summed E-state index contributed by atoms with van der Waals surface area (Å²) in [6.45, 7) is 0. The van der Waals surface area contributed by atoms with E-state index in [0.29, 0.717) is 12.2 Å². The summed E-state index contributed by atoms with van der Waals surface area (Å²) in [6, 6.07) is 6.25. The second-order valence-electron chi connectivity index (χ2n) is 5.70. The fourth-order valence-electron chi connectivity index (χ4n) is 2.60. The van der Waals surface area contributed by atoms with Gasteiger partial charge in [-0.25, -0.2) is 18.4 Å². The summed E-state index contributed by atoms with van der Waals surface area (Å²) in [5, 5.41) is 5.61. The second-order valence-corrected chi connectivity index (χ2v) is 7.93. The number of halogens is 3. The fraction of sp³-hybridized carbons (Fsp3) is 0.333. The first kappa shape index (κ1) is 17.5. The molecule has 0 saturated carbocycles. The summed E-state index contributed by atoms with van der Waals surface area (Å²) >= 11 is 0. The van der Waals surface area contributed by atoms with Crippen molar-refractivity contribution in [3.8, 4) is 0 Å². The molecule has 3 rings (SSSR count). The lowest BCUT2D eigenvalue weighted by molar-refractivity contribution is -0.136. The van der Waals surface area contributed by atoms with Crippen LogP contribution in [0.2, 0.25) is 0 Å². The van der Waals surface area contributed by atoms with Crippen molar-refractivity contribution < 1.29 is 21.6 Å². The van der Waals surface area contributed by atoms with Gasteiger partial charge in [-0.15, -0.1) is 0 Å². The van der Waals surface area contributed by atoms with Gasteiger partial charge in [0, 0.05) is 12.1 Å². The Morgan fingerprint density at radius 3 is 2.52 bits per heavy atom. The first-order valence-corrected chi connectivity index (χ1v) is 9.27. The third kappa shape index (κ3) is 4.38. The standard InChI is InChI=1S/C15H15F3N4O2S/c16-15(17,18)11-3-1-2-4-12(11)22-14-7-13(19-9-20-14)21-10-5-6-25(23,24)8-10/h1-4,7,9-10H,5-6,8H2,(H2,19,20,21,22). The van der Waals surface area contributed by atoms with Gasteiger partial charge in [0.1, 0.15) is 18.0 Å². The van der Waals surface area contributed by atoms with Crippen molar-refractivity contribution in [1.29, 1.82) is 0 Å². The lowest BCUT2D eigenvalue weighted by atomic mass is 10.1. The molecular formula is C15H15F3N4O2S. The maximum absolute atomic E-state index is 13.0. The molecule has 2 aromatic rings. The lowest BCUT2D eigenvalue weighted by Gasteiger charge is -2.15. The summed E-state index contributed by atoms with van der Waals surface area (Å²) in [7, 11) is -3.04. The molecule has 0 spiro atoms. The minimum Gasteiger partial charge on any atom is -0.366 e. The van der Waals surface area contributed by atoms with Crippen LogP contribution in [0.5, 0.6) is 0 Å². The van der Waals surface area contributed by atoms with Crippen LogP contribution in [0.1, 0.15) is 12.0 Å². The monoisotopic (exact) mass is 372 g/mol. The Kier molecular flexibility index (Phi) is 4.55. The third-order valence-electron chi connectivity index (χ3n) is 3.75. The Balaban J connectivity index is 1.77. The zero-order valence-corrected chi connectivity index (χ0v) is 13.7. The highest BCUT2D eigenvalue weighted by Crippen LogP contribution is 2.35. The van der Waals surface area contributed by atoms with Crippen LogP contribution >= 0.6 is 0 Å². The second kappa shape index (κ2) is 6.51. The number of nitrogens with one attached hydrogen (secondary N) is 2. The Morgan fingerprint density at radius 1 is 1.12 bits per heavy atom. The molecule has 1 aromatic heterocycles. The van der Waals surface area contributed by atoms with Crippen LogP contribution in [0.3, 0.4) is 0 Å². The number of alkyl halides is 3. The van der Waals surface area contributed by atoms with Gasteiger partial charge in [0.05, 0.1) is 22.8 Å². The largest absolute Gasteiger partial charge is 0.418 e. The number of hydrogen-bond acceptors (Lipinski definition) is 6. The van der Waals surface area contributed by atoms with Gasteiger partial charge >= 0.3 is 6.18 Å². The van der Waals surface area contributed by atoms with E-state index in [9.17, 15) is 21.6 Å². The first-order valence-electron chi connectivity index (χ1n) is 7.45. The molecule has 1 atom stereocenters. The number of benzene rings is 1. The molecule has 134 valence electrons. The quantitative estimate of drug-likeness (QED) is 0.859. The predicted octanol–water partition coefficient (Wildman–Crippen LogP) is 2.84. The molecule has 1 aliphatic heterocycles. The van der Waals surface area contributed by atoms with E-state index in [1.54, 1.807) is 0 Å².